The fourth-order valence-electron chi connectivity index (χ4n) is 1.38. The molecule has 0 bridgehead atoms. The lowest BCUT2D eigenvalue weighted by atomic mass is 10.2. The Hall–Kier alpha value is -1.61. The number of carboxylic acids is 1. The normalized spacial score (nSPS) is 10.5. The monoisotopic (exact) mass is 220 g/mol. The predicted octanol–water partition coefficient (Wildman–Crippen LogP) is 1.18. The standard InChI is InChI=1S/C11H8ClNO2/c12-8-2-4-10-7(5-8)1-3-9(13-10)6-11(14)15/h1-5H,6H2,(H,14,15)/p-1. The third-order valence-corrected chi connectivity index (χ3v) is 2.27. The van der Waals surface area contributed by atoms with E-state index in [-0.39, 0.29) is 6.42 Å². The molecule has 2 rings (SSSR count). The number of halogens is 1. The molecular formula is C11H7ClNO2-. The maximum atomic E-state index is 10.4. The SMILES string of the molecule is O=C([O-])Cc1ccc2cc(Cl)ccc2n1. The Kier molecular flexibility index (Phi) is 2.56. The molecular weight excluding hydrogens is 214 g/mol. The smallest absolute Gasteiger partial charge is 0.0706 e. The molecule has 2 aromatic rings. The maximum Gasteiger partial charge on any atom is 0.0706 e. The highest BCUT2D eigenvalue weighted by Gasteiger charge is 1.99. The Bertz CT molecular complexity index is 525. The van der Waals surface area contributed by atoms with Gasteiger partial charge in [-0.2, -0.15) is 0 Å². The van der Waals surface area contributed by atoms with Crippen molar-refractivity contribution < 1.29 is 9.90 Å². The van der Waals surface area contributed by atoms with Crippen LogP contribution in [0.25, 0.3) is 10.9 Å². The van der Waals surface area contributed by atoms with E-state index < -0.39 is 5.97 Å². The first kappa shape index (κ1) is 9.93. The lowest BCUT2D eigenvalue weighted by Crippen LogP contribution is -2.24. The molecule has 0 amide bonds. The van der Waals surface area contributed by atoms with E-state index in [1.54, 1.807) is 30.3 Å². The maximum absolute atomic E-state index is 10.4. The average molecular weight is 221 g/mol. The Morgan fingerprint density at radius 1 is 1.33 bits per heavy atom. The summed E-state index contributed by atoms with van der Waals surface area (Å²) in [5.41, 5.74) is 1.22. The Labute approximate surface area is 91.3 Å². The van der Waals surface area contributed by atoms with Gasteiger partial charge in [0.05, 0.1) is 5.52 Å². The third kappa shape index (κ3) is 2.25. The second-order valence-electron chi connectivity index (χ2n) is 3.19. The topological polar surface area (TPSA) is 53.0 Å². The molecule has 0 saturated heterocycles. The first-order valence-electron chi connectivity index (χ1n) is 4.40. The van der Waals surface area contributed by atoms with Crippen molar-refractivity contribution >= 4 is 28.5 Å². The van der Waals surface area contributed by atoms with Crippen LogP contribution >= 0.6 is 11.6 Å². The van der Waals surface area contributed by atoms with E-state index in [4.69, 9.17) is 11.6 Å². The number of hydrogen-bond acceptors (Lipinski definition) is 3. The molecule has 0 N–H and O–H groups in total. The number of carboxylic acid groups (broad SMARTS) is 1. The van der Waals surface area contributed by atoms with Crippen LogP contribution in [0.5, 0.6) is 0 Å². The number of aromatic nitrogens is 1. The van der Waals surface area contributed by atoms with Crippen LogP contribution in [0.2, 0.25) is 5.02 Å². The largest absolute Gasteiger partial charge is 0.550 e. The molecule has 1 aromatic carbocycles. The fourth-order valence-corrected chi connectivity index (χ4v) is 1.57. The summed E-state index contributed by atoms with van der Waals surface area (Å²) in [6.45, 7) is 0. The quantitative estimate of drug-likeness (QED) is 0.764. The Morgan fingerprint density at radius 3 is 2.87 bits per heavy atom. The average Bonchev–Trinajstić information content (AvgIpc) is 2.17. The Morgan fingerprint density at radius 2 is 2.13 bits per heavy atom. The zero-order valence-corrected chi connectivity index (χ0v) is 8.49. The molecule has 3 nitrogen and oxygen atoms in total. The lowest BCUT2D eigenvalue weighted by molar-refractivity contribution is -0.304. The van der Waals surface area contributed by atoms with Crippen LogP contribution in [-0.4, -0.2) is 11.0 Å². The molecule has 0 aliphatic rings. The van der Waals surface area contributed by atoms with Crippen LogP contribution in [0.4, 0.5) is 0 Å². The van der Waals surface area contributed by atoms with Crippen LogP contribution in [0.3, 0.4) is 0 Å². The number of carbonyl (C=O) groups is 1. The van der Waals surface area contributed by atoms with Crippen LogP contribution in [0.1, 0.15) is 5.69 Å². The number of aliphatic carboxylic acids is 1. The van der Waals surface area contributed by atoms with Gasteiger partial charge in [0, 0.05) is 28.5 Å². The number of pyridine rings is 1. The van der Waals surface area contributed by atoms with Gasteiger partial charge in [0.2, 0.25) is 0 Å². The van der Waals surface area contributed by atoms with Crippen LogP contribution < -0.4 is 5.11 Å². The zero-order chi connectivity index (χ0) is 10.8. The van der Waals surface area contributed by atoms with Gasteiger partial charge in [0.25, 0.3) is 0 Å². The molecule has 0 aliphatic carbocycles. The predicted molar refractivity (Wildman–Crippen MR) is 55.5 cm³/mol. The molecule has 1 aromatic heterocycles. The minimum Gasteiger partial charge on any atom is -0.550 e. The molecule has 0 unspecified atom stereocenters. The fraction of sp³-hybridized carbons (Fsp3) is 0.0909. The lowest BCUT2D eigenvalue weighted by Gasteiger charge is -2.03. The summed E-state index contributed by atoms with van der Waals surface area (Å²) in [4.78, 5) is 14.6. The van der Waals surface area contributed by atoms with Gasteiger partial charge in [0.15, 0.2) is 0 Å². The highest BCUT2D eigenvalue weighted by atomic mass is 35.5. The molecule has 15 heavy (non-hydrogen) atoms. The van der Waals surface area contributed by atoms with Crippen molar-refractivity contribution in [3.8, 4) is 0 Å². The van der Waals surface area contributed by atoms with Crippen molar-refractivity contribution in [3.63, 3.8) is 0 Å². The van der Waals surface area contributed by atoms with E-state index in [1.807, 2.05) is 0 Å². The number of fused-ring (bicyclic) bond motifs is 1. The van der Waals surface area contributed by atoms with Crippen LogP contribution in [0, 0.1) is 0 Å². The van der Waals surface area contributed by atoms with Gasteiger partial charge >= 0.3 is 0 Å². The van der Waals surface area contributed by atoms with Gasteiger partial charge < -0.3 is 9.90 Å². The first-order valence-corrected chi connectivity index (χ1v) is 4.78. The summed E-state index contributed by atoms with van der Waals surface area (Å²) in [7, 11) is 0. The van der Waals surface area contributed by atoms with Gasteiger partial charge in [-0.1, -0.05) is 17.7 Å². The van der Waals surface area contributed by atoms with Gasteiger partial charge in [-0.3, -0.25) is 4.98 Å². The van der Waals surface area contributed by atoms with E-state index in [0.29, 0.717) is 10.7 Å². The summed E-state index contributed by atoms with van der Waals surface area (Å²) in [6, 6.07) is 8.73. The molecule has 76 valence electrons. The molecule has 0 fully saturated rings. The highest BCUT2D eigenvalue weighted by molar-refractivity contribution is 6.31. The molecule has 0 radical (unpaired) electrons. The van der Waals surface area contributed by atoms with Crippen molar-refractivity contribution in [2.45, 2.75) is 6.42 Å². The Balaban J connectivity index is 2.47. The van der Waals surface area contributed by atoms with Gasteiger partial charge in [-0.05, 0) is 24.3 Å². The van der Waals surface area contributed by atoms with E-state index in [9.17, 15) is 9.90 Å². The first-order chi connectivity index (χ1) is 7.15. The molecule has 0 saturated carbocycles. The number of hydrogen-bond donors (Lipinski definition) is 0. The minimum absolute atomic E-state index is 0.168. The third-order valence-electron chi connectivity index (χ3n) is 2.03. The van der Waals surface area contributed by atoms with Gasteiger partial charge in [-0.25, -0.2) is 0 Å². The number of benzene rings is 1. The molecule has 0 aliphatic heterocycles. The second kappa shape index (κ2) is 3.87. The van der Waals surface area contributed by atoms with Crippen molar-refractivity contribution in [2.24, 2.45) is 0 Å². The second-order valence-corrected chi connectivity index (χ2v) is 3.62. The van der Waals surface area contributed by atoms with Crippen molar-refractivity contribution in [3.05, 3.63) is 41.0 Å². The van der Waals surface area contributed by atoms with Crippen LogP contribution in [-0.2, 0) is 11.2 Å². The molecule has 1 heterocycles. The number of carbonyl (C=O) groups excluding carboxylic acids is 1. The number of nitrogens with zero attached hydrogens (tertiary/aromatic N) is 1. The van der Waals surface area contributed by atoms with E-state index in [2.05, 4.69) is 4.98 Å². The van der Waals surface area contributed by atoms with Crippen molar-refractivity contribution in [1.82, 2.24) is 4.98 Å². The van der Waals surface area contributed by atoms with Crippen LogP contribution in [0.15, 0.2) is 30.3 Å². The number of rotatable bonds is 2. The zero-order valence-electron chi connectivity index (χ0n) is 7.74. The summed E-state index contributed by atoms with van der Waals surface area (Å²) in [5, 5.41) is 11.9. The van der Waals surface area contributed by atoms with Crippen molar-refractivity contribution in [1.29, 1.82) is 0 Å². The highest BCUT2D eigenvalue weighted by Crippen LogP contribution is 2.18. The van der Waals surface area contributed by atoms with Crippen molar-refractivity contribution in [2.75, 3.05) is 0 Å². The van der Waals surface area contributed by atoms with E-state index >= 15 is 0 Å². The molecule has 0 spiro atoms. The minimum atomic E-state index is -1.13. The summed E-state index contributed by atoms with van der Waals surface area (Å²) >= 11 is 5.81. The van der Waals surface area contributed by atoms with Gasteiger partial charge in [-0.15, -0.1) is 0 Å². The molecule has 0 atom stereocenters. The van der Waals surface area contributed by atoms with Gasteiger partial charge in [0.1, 0.15) is 0 Å². The van der Waals surface area contributed by atoms with E-state index in [1.165, 1.54) is 0 Å². The summed E-state index contributed by atoms with van der Waals surface area (Å²) in [5.74, 6) is -1.13. The summed E-state index contributed by atoms with van der Waals surface area (Å²) < 4.78 is 0. The molecule has 4 heteroatoms. The van der Waals surface area contributed by atoms with E-state index in [0.717, 1.165) is 10.9 Å². The summed E-state index contributed by atoms with van der Waals surface area (Å²) in [6.07, 6.45) is -0.168.